The summed E-state index contributed by atoms with van der Waals surface area (Å²) in [6.07, 6.45) is 0.680. The largest absolute Gasteiger partial charge is 0.302 e. The van der Waals surface area contributed by atoms with Gasteiger partial charge in [-0.1, -0.05) is 6.92 Å². The van der Waals surface area contributed by atoms with Crippen LogP contribution in [-0.4, -0.2) is 22.0 Å². The van der Waals surface area contributed by atoms with E-state index in [2.05, 4.69) is 0 Å². The second-order valence-corrected chi connectivity index (χ2v) is 2.85. The molecule has 7 heavy (non-hydrogen) atoms. The Morgan fingerprint density at radius 2 is 2.29 bits per heavy atom. The van der Waals surface area contributed by atoms with Crippen molar-refractivity contribution in [1.29, 1.82) is 0 Å². The van der Waals surface area contributed by atoms with Crippen molar-refractivity contribution >= 4 is 17.1 Å². The number of carbonyl (C=O) groups is 1. The summed E-state index contributed by atoms with van der Waals surface area (Å²) in [5, 5.41) is 0. The lowest BCUT2D eigenvalue weighted by molar-refractivity contribution is -0.105. The number of rotatable bonds is 3. The molecule has 0 rings (SSSR count). The molecule has 0 amide bonds. The summed E-state index contributed by atoms with van der Waals surface area (Å²) in [6.45, 7) is 1.79. The maximum Gasteiger partial charge on any atom is 0.132 e. The van der Waals surface area contributed by atoms with Gasteiger partial charge in [0.1, 0.15) is 6.29 Å². The minimum Gasteiger partial charge on any atom is -0.302 e. The summed E-state index contributed by atoms with van der Waals surface area (Å²) in [6, 6.07) is 0. The monoisotopic (exact) mass is 120 g/mol. The van der Waals surface area contributed by atoms with Gasteiger partial charge in [-0.25, -0.2) is 0 Å². The van der Waals surface area contributed by atoms with E-state index in [4.69, 9.17) is 0 Å². The number of hydrogen-bond acceptors (Lipinski definition) is 2. The first kappa shape index (κ1) is 6.82. The molecule has 1 unspecified atom stereocenters. The SMILES string of the molecule is CCS(=O)CC=O. The molecule has 0 aromatic carbocycles. The van der Waals surface area contributed by atoms with Gasteiger partial charge in [-0.2, -0.15) is 0 Å². The first-order chi connectivity index (χ1) is 3.31. The van der Waals surface area contributed by atoms with Crippen molar-refractivity contribution in [3.05, 3.63) is 0 Å². The fraction of sp³-hybridized carbons (Fsp3) is 0.750. The van der Waals surface area contributed by atoms with Crippen LogP contribution in [0.15, 0.2) is 0 Å². The van der Waals surface area contributed by atoms with Gasteiger partial charge in [-0.3, -0.25) is 4.21 Å². The van der Waals surface area contributed by atoms with Crippen LogP contribution in [0.2, 0.25) is 0 Å². The zero-order valence-corrected chi connectivity index (χ0v) is 5.03. The van der Waals surface area contributed by atoms with Crippen LogP contribution in [0.1, 0.15) is 6.92 Å². The molecule has 0 heterocycles. The predicted octanol–water partition coefficient (Wildman–Crippen LogP) is -0.0461. The first-order valence-electron chi connectivity index (χ1n) is 2.10. The van der Waals surface area contributed by atoms with Crippen molar-refractivity contribution in [3.63, 3.8) is 0 Å². The summed E-state index contributed by atoms with van der Waals surface area (Å²) in [4.78, 5) is 9.58. The Kier molecular flexibility index (Phi) is 3.89. The smallest absolute Gasteiger partial charge is 0.132 e. The standard InChI is InChI=1S/C4H8O2S/c1-2-7(6)4-3-5/h3H,2,4H2,1H3. The molecule has 2 nitrogen and oxygen atoms in total. The van der Waals surface area contributed by atoms with E-state index in [9.17, 15) is 9.00 Å². The van der Waals surface area contributed by atoms with Crippen LogP contribution in [0, 0.1) is 0 Å². The van der Waals surface area contributed by atoms with E-state index in [0.29, 0.717) is 12.0 Å². The Morgan fingerprint density at radius 1 is 1.71 bits per heavy atom. The maximum absolute atomic E-state index is 10.3. The van der Waals surface area contributed by atoms with Gasteiger partial charge in [-0.05, 0) is 0 Å². The van der Waals surface area contributed by atoms with Gasteiger partial charge in [-0.15, -0.1) is 0 Å². The van der Waals surface area contributed by atoms with Gasteiger partial charge in [0.15, 0.2) is 0 Å². The van der Waals surface area contributed by atoms with Crippen LogP contribution < -0.4 is 0 Å². The highest BCUT2D eigenvalue weighted by Gasteiger charge is 1.88. The normalized spacial score (nSPS) is 13.3. The zero-order chi connectivity index (χ0) is 5.70. The Morgan fingerprint density at radius 3 is 2.43 bits per heavy atom. The molecule has 3 heteroatoms. The Labute approximate surface area is 45.4 Å². The molecule has 0 saturated carbocycles. The second-order valence-electron chi connectivity index (χ2n) is 1.06. The van der Waals surface area contributed by atoms with Crippen molar-refractivity contribution in [1.82, 2.24) is 0 Å². The van der Waals surface area contributed by atoms with Gasteiger partial charge in [0.2, 0.25) is 0 Å². The number of carbonyl (C=O) groups excluding carboxylic acids is 1. The molecule has 0 fully saturated rings. The Balaban J connectivity index is 3.17. The van der Waals surface area contributed by atoms with Crippen LogP contribution in [-0.2, 0) is 15.6 Å². The minimum atomic E-state index is -0.895. The van der Waals surface area contributed by atoms with Gasteiger partial charge < -0.3 is 4.79 Å². The molecular formula is C4H8O2S. The molecule has 0 aromatic rings. The van der Waals surface area contributed by atoms with Crippen molar-refractivity contribution < 1.29 is 9.00 Å². The van der Waals surface area contributed by atoms with Crippen LogP contribution in [0.5, 0.6) is 0 Å². The summed E-state index contributed by atoms with van der Waals surface area (Å²) < 4.78 is 10.3. The summed E-state index contributed by atoms with van der Waals surface area (Å²) in [5.41, 5.74) is 0. The predicted molar refractivity (Wildman–Crippen MR) is 29.6 cm³/mol. The molecule has 0 aliphatic heterocycles. The number of hydrogen-bond donors (Lipinski definition) is 0. The third-order valence-corrected chi connectivity index (χ3v) is 1.73. The molecule has 0 aromatic heterocycles. The van der Waals surface area contributed by atoms with Gasteiger partial charge in [0, 0.05) is 16.6 Å². The highest BCUT2D eigenvalue weighted by atomic mass is 32.2. The van der Waals surface area contributed by atoms with Crippen LogP contribution in [0.3, 0.4) is 0 Å². The highest BCUT2D eigenvalue weighted by Crippen LogP contribution is 1.74. The molecule has 0 spiro atoms. The second kappa shape index (κ2) is 3.99. The van der Waals surface area contributed by atoms with Gasteiger partial charge in [0.05, 0.1) is 5.75 Å². The van der Waals surface area contributed by atoms with E-state index >= 15 is 0 Å². The minimum absolute atomic E-state index is 0.191. The fourth-order valence-electron chi connectivity index (χ4n) is 0.194. The van der Waals surface area contributed by atoms with E-state index in [0.717, 1.165) is 0 Å². The van der Waals surface area contributed by atoms with Gasteiger partial charge in [0.25, 0.3) is 0 Å². The average molecular weight is 120 g/mol. The number of aldehydes is 1. The topological polar surface area (TPSA) is 34.1 Å². The fourth-order valence-corrected chi connectivity index (χ4v) is 0.581. The van der Waals surface area contributed by atoms with Crippen LogP contribution >= 0.6 is 0 Å². The van der Waals surface area contributed by atoms with Crippen molar-refractivity contribution in [3.8, 4) is 0 Å². The zero-order valence-electron chi connectivity index (χ0n) is 4.22. The van der Waals surface area contributed by atoms with Crippen LogP contribution in [0.4, 0.5) is 0 Å². The van der Waals surface area contributed by atoms with Crippen molar-refractivity contribution in [2.75, 3.05) is 11.5 Å². The molecule has 0 N–H and O–H groups in total. The highest BCUT2D eigenvalue weighted by molar-refractivity contribution is 7.85. The lowest BCUT2D eigenvalue weighted by Crippen LogP contribution is -1.99. The molecule has 0 saturated heterocycles. The lowest BCUT2D eigenvalue weighted by Gasteiger charge is -1.83. The Hall–Kier alpha value is -0.180. The Bertz CT molecular complexity index is 79.8. The maximum atomic E-state index is 10.3. The molecule has 0 aliphatic carbocycles. The van der Waals surface area contributed by atoms with Crippen molar-refractivity contribution in [2.24, 2.45) is 0 Å². The summed E-state index contributed by atoms with van der Waals surface area (Å²) >= 11 is 0. The third kappa shape index (κ3) is 3.66. The summed E-state index contributed by atoms with van der Waals surface area (Å²) in [7, 11) is -0.895. The van der Waals surface area contributed by atoms with E-state index in [1.54, 1.807) is 6.92 Å². The van der Waals surface area contributed by atoms with E-state index in [1.807, 2.05) is 0 Å². The molecule has 0 bridgehead atoms. The molecule has 0 radical (unpaired) electrons. The van der Waals surface area contributed by atoms with E-state index < -0.39 is 10.8 Å². The van der Waals surface area contributed by atoms with Crippen LogP contribution in [0.25, 0.3) is 0 Å². The average Bonchev–Trinajstić information content (AvgIpc) is 1.68. The molecule has 42 valence electrons. The first-order valence-corrected chi connectivity index (χ1v) is 3.58. The molecular weight excluding hydrogens is 112 g/mol. The lowest BCUT2D eigenvalue weighted by atomic mass is 10.9. The van der Waals surface area contributed by atoms with E-state index in [1.165, 1.54) is 0 Å². The van der Waals surface area contributed by atoms with Gasteiger partial charge >= 0.3 is 0 Å². The molecule has 0 aliphatic rings. The molecule has 1 atom stereocenters. The third-order valence-electron chi connectivity index (χ3n) is 0.576. The summed E-state index contributed by atoms with van der Waals surface area (Å²) in [5.74, 6) is 0.773. The quantitative estimate of drug-likeness (QED) is 0.489. The van der Waals surface area contributed by atoms with E-state index in [-0.39, 0.29) is 5.75 Å². The van der Waals surface area contributed by atoms with Crippen molar-refractivity contribution in [2.45, 2.75) is 6.92 Å².